The minimum Gasteiger partial charge on any atom is -0.480 e. The lowest BCUT2D eigenvalue weighted by Gasteiger charge is -2.27. The molecule has 104 valence electrons. The van der Waals surface area contributed by atoms with E-state index in [-0.39, 0.29) is 5.56 Å². The van der Waals surface area contributed by atoms with Crippen molar-refractivity contribution in [3.05, 3.63) is 35.4 Å². The Morgan fingerprint density at radius 3 is 2.00 bits per heavy atom. The van der Waals surface area contributed by atoms with Gasteiger partial charge in [-0.3, -0.25) is 4.79 Å². The molecule has 0 spiro atoms. The van der Waals surface area contributed by atoms with Crippen LogP contribution in [0.15, 0.2) is 18.2 Å². The van der Waals surface area contributed by atoms with Crippen molar-refractivity contribution in [2.45, 2.75) is 26.8 Å². The first kappa shape index (κ1) is 15.1. The average Bonchev–Trinajstić information content (AvgIpc) is 2.21. The summed E-state index contributed by atoms with van der Waals surface area (Å²) in [5, 5.41) is 11.3. The van der Waals surface area contributed by atoms with Gasteiger partial charge in [0.1, 0.15) is 17.7 Å². The lowest BCUT2D eigenvalue weighted by Crippen LogP contribution is -2.49. The smallest absolute Gasteiger partial charge is 0.326 e. The zero-order chi connectivity index (χ0) is 14.8. The summed E-state index contributed by atoms with van der Waals surface area (Å²) >= 11 is 0. The molecule has 1 aromatic rings. The number of carboxylic acids is 1. The lowest BCUT2D eigenvalue weighted by atomic mass is 9.86. The van der Waals surface area contributed by atoms with E-state index < -0.39 is 35.0 Å². The van der Waals surface area contributed by atoms with Crippen molar-refractivity contribution in [2.24, 2.45) is 5.41 Å². The van der Waals surface area contributed by atoms with Gasteiger partial charge >= 0.3 is 5.97 Å². The van der Waals surface area contributed by atoms with E-state index in [1.54, 1.807) is 20.8 Å². The van der Waals surface area contributed by atoms with Crippen molar-refractivity contribution in [3.8, 4) is 0 Å². The Hall–Kier alpha value is -1.98. The fraction of sp³-hybridized carbons (Fsp3) is 0.385. The fourth-order valence-electron chi connectivity index (χ4n) is 1.55. The monoisotopic (exact) mass is 271 g/mol. The zero-order valence-corrected chi connectivity index (χ0v) is 10.8. The molecule has 0 radical (unpaired) electrons. The average molecular weight is 271 g/mol. The van der Waals surface area contributed by atoms with E-state index in [2.05, 4.69) is 5.32 Å². The maximum atomic E-state index is 13.0. The highest BCUT2D eigenvalue weighted by atomic mass is 19.1. The molecule has 19 heavy (non-hydrogen) atoms. The molecule has 6 heteroatoms. The summed E-state index contributed by atoms with van der Waals surface area (Å²) < 4.78 is 26.0. The molecule has 1 unspecified atom stereocenters. The Labute approximate surface area is 109 Å². The van der Waals surface area contributed by atoms with E-state index in [0.29, 0.717) is 6.07 Å². The normalized spacial score (nSPS) is 12.9. The van der Waals surface area contributed by atoms with Crippen LogP contribution in [0.3, 0.4) is 0 Å². The summed E-state index contributed by atoms with van der Waals surface area (Å²) in [4.78, 5) is 22.9. The number of carboxylic acid groups (broad SMARTS) is 1. The number of hydrogen-bond donors (Lipinski definition) is 2. The topological polar surface area (TPSA) is 66.4 Å². The Morgan fingerprint density at radius 1 is 1.16 bits per heavy atom. The third-order valence-electron chi connectivity index (χ3n) is 2.51. The Balaban J connectivity index is 2.97. The van der Waals surface area contributed by atoms with Gasteiger partial charge in [0.2, 0.25) is 0 Å². The van der Waals surface area contributed by atoms with E-state index in [9.17, 15) is 18.4 Å². The van der Waals surface area contributed by atoms with E-state index in [1.807, 2.05) is 0 Å². The van der Waals surface area contributed by atoms with Crippen LogP contribution < -0.4 is 5.32 Å². The second-order valence-corrected chi connectivity index (χ2v) is 5.27. The van der Waals surface area contributed by atoms with Crippen molar-refractivity contribution in [2.75, 3.05) is 0 Å². The van der Waals surface area contributed by atoms with Crippen LogP contribution in [0.25, 0.3) is 0 Å². The van der Waals surface area contributed by atoms with Crippen molar-refractivity contribution in [3.63, 3.8) is 0 Å². The SMILES string of the molecule is CC(C)(C)C(NC(=O)c1cc(F)cc(F)c1)C(=O)O. The third kappa shape index (κ3) is 4.01. The predicted octanol–water partition coefficient (Wildman–Crippen LogP) is 2.19. The van der Waals surface area contributed by atoms with Gasteiger partial charge in [0.15, 0.2) is 0 Å². The molecule has 1 aromatic carbocycles. The highest BCUT2D eigenvalue weighted by Gasteiger charge is 2.32. The van der Waals surface area contributed by atoms with Crippen LogP contribution >= 0.6 is 0 Å². The minimum atomic E-state index is -1.21. The number of amides is 1. The molecule has 1 rings (SSSR count). The molecule has 1 amide bonds. The molecule has 0 aromatic heterocycles. The molecule has 0 aliphatic carbocycles. The highest BCUT2D eigenvalue weighted by Crippen LogP contribution is 2.20. The lowest BCUT2D eigenvalue weighted by molar-refractivity contribution is -0.142. The zero-order valence-electron chi connectivity index (χ0n) is 10.8. The molecular weight excluding hydrogens is 256 g/mol. The van der Waals surface area contributed by atoms with Gasteiger partial charge in [-0.2, -0.15) is 0 Å². The maximum Gasteiger partial charge on any atom is 0.326 e. The van der Waals surface area contributed by atoms with Gasteiger partial charge in [0.25, 0.3) is 5.91 Å². The predicted molar refractivity (Wildman–Crippen MR) is 64.7 cm³/mol. The molecular formula is C13H15F2NO3. The third-order valence-corrected chi connectivity index (χ3v) is 2.51. The summed E-state index contributed by atoms with van der Waals surface area (Å²) in [5.41, 5.74) is -0.985. The second-order valence-electron chi connectivity index (χ2n) is 5.27. The van der Waals surface area contributed by atoms with E-state index in [4.69, 9.17) is 5.11 Å². The van der Waals surface area contributed by atoms with Crippen LogP contribution in [0.1, 0.15) is 31.1 Å². The number of nitrogens with one attached hydrogen (secondary N) is 1. The van der Waals surface area contributed by atoms with Crippen molar-refractivity contribution >= 4 is 11.9 Å². The summed E-state index contributed by atoms with van der Waals surface area (Å²) in [6.45, 7) is 4.91. The largest absolute Gasteiger partial charge is 0.480 e. The van der Waals surface area contributed by atoms with Crippen molar-refractivity contribution in [1.29, 1.82) is 0 Å². The number of carbonyl (C=O) groups is 2. The Kier molecular flexibility index (Phi) is 4.24. The van der Waals surface area contributed by atoms with Gasteiger partial charge in [-0.25, -0.2) is 13.6 Å². The molecule has 0 fully saturated rings. The number of aliphatic carboxylic acids is 1. The van der Waals surface area contributed by atoms with E-state index in [0.717, 1.165) is 12.1 Å². The molecule has 1 atom stereocenters. The van der Waals surface area contributed by atoms with Crippen LogP contribution in [-0.2, 0) is 4.79 Å². The molecule has 0 saturated heterocycles. The van der Waals surface area contributed by atoms with Gasteiger partial charge in [-0.1, -0.05) is 20.8 Å². The highest BCUT2D eigenvalue weighted by molar-refractivity contribution is 5.96. The standard InChI is InChI=1S/C13H15F2NO3/c1-13(2,3)10(12(18)19)16-11(17)7-4-8(14)6-9(15)5-7/h4-6,10H,1-3H3,(H,16,17)(H,18,19). The quantitative estimate of drug-likeness (QED) is 0.885. The molecule has 0 heterocycles. The second kappa shape index (κ2) is 5.34. The van der Waals surface area contributed by atoms with Gasteiger partial charge in [-0.05, 0) is 17.5 Å². The first-order valence-corrected chi connectivity index (χ1v) is 5.61. The first-order chi connectivity index (χ1) is 8.61. The van der Waals surface area contributed by atoms with Crippen LogP contribution in [0.4, 0.5) is 8.78 Å². The number of benzene rings is 1. The Morgan fingerprint density at radius 2 is 1.63 bits per heavy atom. The van der Waals surface area contributed by atoms with E-state index in [1.165, 1.54) is 0 Å². The first-order valence-electron chi connectivity index (χ1n) is 5.61. The molecule has 2 N–H and O–H groups in total. The van der Waals surface area contributed by atoms with Crippen LogP contribution in [-0.4, -0.2) is 23.0 Å². The summed E-state index contributed by atoms with van der Waals surface area (Å²) in [5.74, 6) is -3.83. The van der Waals surface area contributed by atoms with Crippen LogP contribution in [0.5, 0.6) is 0 Å². The van der Waals surface area contributed by atoms with Gasteiger partial charge in [0, 0.05) is 11.6 Å². The van der Waals surface area contributed by atoms with Gasteiger partial charge in [0.05, 0.1) is 0 Å². The fourth-order valence-corrected chi connectivity index (χ4v) is 1.55. The van der Waals surface area contributed by atoms with Crippen molar-refractivity contribution < 1.29 is 23.5 Å². The molecule has 0 saturated carbocycles. The van der Waals surface area contributed by atoms with Crippen LogP contribution in [0, 0.1) is 17.0 Å². The molecule has 0 aliphatic rings. The molecule has 0 bridgehead atoms. The summed E-state index contributed by atoms with van der Waals surface area (Å²) in [7, 11) is 0. The van der Waals surface area contributed by atoms with Crippen LogP contribution in [0.2, 0.25) is 0 Å². The van der Waals surface area contributed by atoms with Gasteiger partial charge < -0.3 is 10.4 Å². The summed E-state index contributed by atoms with van der Waals surface area (Å²) in [6.07, 6.45) is 0. The number of carbonyl (C=O) groups excluding carboxylic acids is 1. The van der Waals surface area contributed by atoms with E-state index >= 15 is 0 Å². The van der Waals surface area contributed by atoms with Gasteiger partial charge in [-0.15, -0.1) is 0 Å². The Bertz CT molecular complexity index is 489. The number of rotatable bonds is 3. The molecule has 0 aliphatic heterocycles. The minimum absolute atomic E-state index is 0.256. The maximum absolute atomic E-state index is 13.0. The van der Waals surface area contributed by atoms with Crippen molar-refractivity contribution in [1.82, 2.24) is 5.32 Å². The number of hydrogen-bond acceptors (Lipinski definition) is 2. The number of halogens is 2. The molecule has 4 nitrogen and oxygen atoms in total. The summed E-state index contributed by atoms with van der Waals surface area (Å²) in [6, 6.07) is 1.17.